The highest BCUT2D eigenvalue weighted by Crippen LogP contribution is 2.46. The number of carbonyl (C=O) groups is 2. The average molecular weight is 593 g/mol. The summed E-state index contributed by atoms with van der Waals surface area (Å²) in [6, 6.07) is 17.2. The zero-order valence-corrected chi connectivity index (χ0v) is 24.7. The highest BCUT2D eigenvalue weighted by atomic mass is 35.5. The molecule has 3 heterocycles. The van der Waals surface area contributed by atoms with Gasteiger partial charge in [-0.1, -0.05) is 23.7 Å². The lowest BCUT2D eigenvalue weighted by atomic mass is 9.98. The van der Waals surface area contributed by atoms with Gasteiger partial charge < -0.3 is 28.4 Å². The molecule has 0 bridgehead atoms. The second-order valence-corrected chi connectivity index (χ2v) is 10.2. The molecule has 0 saturated carbocycles. The van der Waals surface area contributed by atoms with E-state index in [-0.39, 0.29) is 30.9 Å². The summed E-state index contributed by atoms with van der Waals surface area (Å²) >= 11 is 6.50. The molecule has 11 heteroatoms. The first-order valence-electron chi connectivity index (χ1n) is 13.6. The van der Waals surface area contributed by atoms with Gasteiger partial charge >= 0.3 is 5.97 Å². The van der Waals surface area contributed by atoms with Crippen LogP contribution in [0, 0.1) is 0 Å². The lowest BCUT2D eigenvalue weighted by molar-refractivity contribution is -0.143. The van der Waals surface area contributed by atoms with Crippen LogP contribution in [-0.4, -0.2) is 65.5 Å². The van der Waals surface area contributed by atoms with E-state index in [2.05, 4.69) is 9.67 Å². The van der Waals surface area contributed by atoms with E-state index >= 15 is 0 Å². The number of aromatic nitrogens is 3. The van der Waals surface area contributed by atoms with E-state index < -0.39 is 12.1 Å². The van der Waals surface area contributed by atoms with Crippen molar-refractivity contribution >= 4 is 23.5 Å². The zero-order chi connectivity index (χ0) is 29.8. The van der Waals surface area contributed by atoms with E-state index in [1.54, 1.807) is 45.1 Å². The fourth-order valence-corrected chi connectivity index (χ4v) is 5.41. The van der Waals surface area contributed by atoms with Gasteiger partial charge in [-0.3, -0.25) is 14.3 Å². The molecule has 0 spiro atoms. The van der Waals surface area contributed by atoms with E-state index in [1.807, 2.05) is 54.7 Å². The molecule has 10 nitrogen and oxygen atoms in total. The number of hydrogen-bond donors (Lipinski definition) is 0. The summed E-state index contributed by atoms with van der Waals surface area (Å²) < 4.78 is 27.0. The zero-order valence-electron chi connectivity index (χ0n) is 24.0. The summed E-state index contributed by atoms with van der Waals surface area (Å²) in [6.45, 7) is 2.31. The standard InChI is InChI=1S/C31H33ClN4O6/c1-5-41-28(37)19-34(2)31(38)23-13-16-35(33-23)17-14-26-25-9-7-15-36(25)24-12-11-20(32)18-22(24)29(42-26)21-8-6-10-27(39-3)30(21)40-4/h6-13,15-16,18,26,29H,5,14,17,19H2,1-4H3/t26-,29-/m1/s1. The minimum absolute atomic E-state index is 0.147. The fourth-order valence-electron chi connectivity index (χ4n) is 5.23. The van der Waals surface area contributed by atoms with Gasteiger partial charge in [-0.25, -0.2) is 0 Å². The molecule has 1 aliphatic rings. The molecular weight excluding hydrogens is 560 g/mol. The van der Waals surface area contributed by atoms with Crippen LogP contribution >= 0.6 is 11.6 Å². The van der Waals surface area contributed by atoms with Crippen LogP contribution in [-0.2, 0) is 20.8 Å². The number of halogens is 1. The Balaban J connectivity index is 1.43. The van der Waals surface area contributed by atoms with Gasteiger partial charge in [0, 0.05) is 42.1 Å². The average Bonchev–Trinajstić information content (AvgIpc) is 3.65. The van der Waals surface area contributed by atoms with Gasteiger partial charge in [0.1, 0.15) is 24.4 Å². The van der Waals surface area contributed by atoms with Crippen molar-refractivity contribution in [1.29, 1.82) is 0 Å². The molecule has 220 valence electrons. The molecule has 5 rings (SSSR count). The summed E-state index contributed by atoms with van der Waals surface area (Å²) in [5.41, 5.74) is 3.88. The summed E-state index contributed by atoms with van der Waals surface area (Å²) in [4.78, 5) is 25.9. The number of benzene rings is 2. The van der Waals surface area contributed by atoms with Crippen LogP contribution in [0.5, 0.6) is 11.5 Å². The Kier molecular flexibility index (Phi) is 8.84. The second kappa shape index (κ2) is 12.7. The van der Waals surface area contributed by atoms with Gasteiger partial charge in [0.05, 0.1) is 32.2 Å². The van der Waals surface area contributed by atoms with Crippen molar-refractivity contribution < 1.29 is 28.5 Å². The largest absolute Gasteiger partial charge is 0.493 e. The van der Waals surface area contributed by atoms with Crippen LogP contribution in [0.4, 0.5) is 0 Å². The summed E-state index contributed by atoms with van der Waals surface area (Å²) in [7, 11) is 4.76. The highest BCUT2D eigenvalue weighted by molar-refractivity contribution is 6.30. The summed E-state index contributed by atoms with van der Waals surface area (Å²) in [5, 5.41) is 5.07. The molecule has 1 aliphatic heterocycles. The van der Waals surface area contributed by atoms with Crippen LogP contribution in [0.3, 0.4) is 0 Å². The Bertz CT molecular complexity index is 1580. The van der Waals surface area contributed by atoms with Crippen molar-refractivity contribution in [2.24, 2.45) is 0 Å². The Labute approximate surface area is 249 Å². The first-order chi connectivity index (χ1) is 20.3. The first kappa shape index (κ1) is 29.2. The van der Waals surface area contributed by atoms with Crippen LogP contribution < -0.4 is 9.47 Å². The van der Waals surface area contributed by atoms with Crippen LogP contribution in [0.15, 0.2) is 67.0 Å². The Morgan fingerprint density at radius 2 is 1.88 bits per heavy atom. The van der Waals surface area contributed by atoms with Crippen molar-refractivity contribution in [3.8, 4) is 17.2 Å². The van der Waals surface area contributed by atoms with E-state index in [0.717, 1.165) is 22.5 Å². The van der Waals surface area contributed by atoms with Gasteiger partial charge in [-0.15, -0.1) is 0 Å². The van der Waals surface area contributed by atoms with Gasteiger partial charge in [-0.2, -0.15) is 5.10 Å². The number of methoxy groups -OCH3 is 2. The molecule has 0 fully saturated rings. The number of para-hydroxylation sites is 1. The topological polar surface area (TPSA) is 97.0 Å². The second-order valence-electron chi connectivity index (χ2n) is 9.81. The Hall–Kier alpha value is -4.28. The number of fused-ring (bicyclic) bond motifs is 3. The van der Waals surface area contributed by atoms with E-state index in [0.29, 0.717) is 29.5 Å². The molecule has 0 N–H and O–H groups in total. The van der Waals surface area contributed by atoms with Crippen molar-refractivity contribution in [1.82, 2.24) is 19.2 Å². The van der Waals surface area contributed by atoms with Crippen molar-refractivity contribution in [2.45, 2.75) is 32.1 Å². The van der Waals surface area contributed by atoms with Crippen LogP contribution in [0.1, 0.15) is 52.9 Å². The molecule has 0 unspecified atom stereocenters. The number of aryl methyl sites for hydroxylation is 1. The van der Waals surface area contributed by atoms with Gasteiger partial charge in [0.15, 0.2) is 11.5 Å². The molecule has 4 aromatic rings. The minimum atomic E-state index is -0.514. The molecule has 1 amide bonds. The number of hydrogen-bond acceptors (Lipinski definition) is 7. The fraction of sp³-hybridized carbons (Fsp3) is 0.323. The van der Waals surface area contributed by atoms with E-state index in [1.165, 1.54) is 4.90 Å². The van der Waals surface area contributed by atoms with Crippen LogP contribution in [0.25, 0.3) is 5.69 Å². The maximum atomic E-state index is 12.8. The quantitative estimate of drug-likeness (QED) is 0.233. The maximum absolute atomic E-state index is 12.8. The Morgan fingerprint density at radius 1 is 1.05 bits per heavy atom. The molecule has 0 saturated heterocycles. The third kappa shape index (κ3) is 5.86. The van der Waals surface area contributed by atoms with Crippen LogP contribution in [0.2, 0.25) is 5.02 Å². The third-order valence-electron chi connectivity index (χ3n) is 7.16. The van der Waals surface area contributed by atoms with Crippen molar-refractivity contribution in [3.05, 3.63) is 94.5 Å². The predicted octanol–water partition coefficient (Wildman–Crippen LogP) is 5.23. The SMILES string of the molecule is CCOC(=O)CN(C)C(=O)c1ccn(CC[C@H]2O[C@H](c3cccc(OC)c3OC)c3cc(Cl)ccc3-n3cccc32)n1. The van der Waals surface area contributed by atoms with Gasteiger partial charge in [0.2, 0.25) is 0 Å². The molecular formula is C31H33ClN4O6. The number of nitrogens with zero attached hydrogens (tertiary/aromatic N) is 4. The van der Waals surface area contributed by atoms with Crippen molar-refractivity contribution in [2.75, 3.05) is 34.4 Å². The van der Waals surface area contributed by atoms with E-state index in [4.69, 9.17) is 30.5 Å². The maximum Gasteiger partial charge on any atom is 0.325 e. The molecule has 42 heavy (non-hydrogen) atoms. The minimum Gasteiger partial charge on any atom is -0.493 e. The number of amides is 1. The number of rotatable bonds is 10. The molecule has 0 aliphatic carbocycles. The van der Waals surface area contributed by atoms with Gasteiger partial charge in [-0.05, 0) is 55.8 Å². The number of carbonyl (C=O) groups excluding carboxylic acids is 2. The predicted molar refractivity (Wildman–Crippen MR) is 156 cm³/mol. The summed E-state index contributed by atoms with van der Waals surface area (Å²) in [6.07, 6.45) is 3.45. The third-order valence-corrected chi connectivity index (χ3v) is 7.39. The smallest absolute Gasteiger partial charge is 0.325 e. The normalized spacial score (nSPS) is 15.7. The number of ether oxygens (including phenoxy) is 4. The molecule has 2 atom stereocenters. The van der Waals surface area contributed by atoms with E-state index in [9.17, 15) is 9.59 Å². The van der Waals surface area contributed by atoms with Crippen molar-refractivity contribution in [3.63, 3.8) is 0 Å². The summed E-state index contributed by atoms with van der Waals surface area (Å²) in [5.74, 6) is 0.359. The Morgan fingerprint density at radius 3 is 2.64 bits per heavy atom. The monoisotopic (exact) mass is 592 g/mol. The molecule has 2 aromatic carbocycles. The number of likely N-dealkylation sites (N-methyl/N-ethyl adjacent to an activating group) is 1. The first-order valence-corrected chi connectivity index (χ1v) is 14.0. The number of esters is 1. The molecule has 2 aromatic heterocycles. The lowest BCUT2D eigenvalue weighted by Gasteiger charge is -2.25. The lowest BCUT2D eigenvalue weighted by Crippen LogP contribution is -2.33. The molecule has 0 radical (unpaired) electrons. The highest BCUT2D eigenvalue weighted by Gasteiger charge is 2.33. The van der Waals surface area contributed by atoms with Gasteiger partial charge in [0.25, 0.3) is 5.91 Å².